The molecular weight excluding hydrogens is 395 g/mol. The molecule has 8 nitrogen and oxygen atoms in total. The fourth-order valence-corrected chi connectivity index (χ4v) is 4.86. The van der Waals surface area contributed by atoms with E-state index >= 15 is 0 Å². The summed E-state index contributed by atoms with van der Waals surface area (Å²) < 4.78 is 42.7. The van der Waals surface area contributed by atoms with Crippen LogP contribution in [0.4, 0.5) is 10.2 Å². The molecule has 1 saturated heterocycles. The fraction of sp³-hybridized carbons (Fsp3) is 0.312. The van der Waals surface area contributed by atoms with Crippen molar-refractivity contribution >= 4 is 33.2 Å². The molecule has 0 aliphatic carbocycles. The van der Waals surface area contributed by atoms with Crippen molar-refractivity contribution < 1.29 is 12.8 Å². The molecule has 0 bridgehead atoms. The zero-order chi connectivity index (χ0) is 19.2. The number of aromatic nitrogens is 4. The van der Waals surface area contributed by atoms with Gasteiger partial charge in [-0.1, -0.05) is 17.7 Å². The van der Waals surface area contributed by atoms with Crippen molar-refractivity contribution in [1.82, 2.24) is 23.9 Å². The summed E-state index contributed by atoms with van der Waals surface area (Å²) in [4.78, 5) is 10.0. The Morgan fingerprint density at radius 3 is 2.67 bits per heavy atom. The quantitative estimate of drug-likeness (QED) is 0.654. The Hall–Kier alpha value is -2.30. The molecule has 11 heteroatoms. The van der Waals surface area contributed by atoms with Gasteiger partial charge in [0.05, 0.1) is 5.02 Å². The van der Waals surface area contributed by atoms with Gasteiger partial charge < -0.3 is 4.90 Å². The van der Waals surface area contributed by atoms with E-state index in [9.17, 15) is 12.8 Å². The number of piperazine rings is 1. The molecule has 0 saturated carbocycles. The number of halogens is 2. The summed E-state index contributed by atoms with van der Waals surface area (Å²) in [5.74, 6) is 0.359. The van der Waals surface area contributed by atoms with Gasteiger partial charge in [0.25, 0.3) is 5.78 Å². The minimum atomic E-state index is -3.96. The summed E-state index contributed by atoms with van der Waals surface area (Å²) >= 11 is 5.73. The summed E-state index contributed by atoms with van der Waals surface area (Å²) in [5.41, 5.74) is 0.793. The van der Waals surface area contributed by atoms with Crippen LogP contribution in [0.5, 0.6) is 0 Å². The Labute approximate surface area is 160 Å². The van der Waals surface area contributed by atoms with Gasteiger partial charge in [-0.25, -0.2) is 17.8 Å². The molecule has 0 spiro atoms. The number of fused-ring (bicyclic) bond motifs is 1. The van der Waals surface area contributed by atoms with Gasteiger partial charge >= 0.3 is 0 Å². The molecule has 3 aromatic rings. The van der Waals surface area contributed by atoms with Crippen LogP contribution in [0.1, 0.15) is 5.69 Å². The third-order valence-corrected chi connectivity index (χ3v) is 6.67. The highest BCUT2D eigenvalue weighted by Gasteiger charge is 2.32. The van der Waals surface area contributed by atoms with Crippen LogP contribution < -0.4 is 4.90 Å². The van der Waals surface area contributed by atoms with Crippen molar-refractivity contribution in [1.29, 1.82) is 0 Å². The molecule has 0 unspecified atom stereocenters. The lowest BCUT2D eigenvalue weighted by Crippen LogP contribution is -2.49. The van der Waals surface area contributed by atoms with Gasteiger partial charge in [0.2, 0.25) is 10.0 Å². The number of rotatable bonds is 3. The number of sulfonamides is 1. The number of benzene rings is 1. The second-order valence-electron chi connectivity index (χ2n) is 6.17. The van der Waals surface area contributed by atoms with E-state index in [2.05, 4.69) is 15.1 Å². The van der Waals surface area contributed by atoms with Gasteiger partial charge in [0, 0.05) is 37.9 Å². The van der Waals surface area contributed by atoms with Gasteiger partial charge in [-0.15, -0.1) is 0 Å². The van der Waals surface area contributed by atoms with Crippen molar-refractivity contribution in [3.8, 4) is 0 Å². The molecule has 0 N–H and O–H groups in total. The van der Waals surface area contributed by atoms with Crippen LogP contribution in [0.3, 0.4) is 0 Å². The maximum Gasteiger partial charge on any atom is 0.254 e. The van der Waals surface area contributed by atoms with E-state index in [0.29, 0.717) is 18.9 Å². The minimum absolute atomic E-state index is 0.212. The number of anilines is 1. The third kappa shape index (κ3) is 3.13. The van der Waals surface area contributed by atoms with E-state index in [-0.39, 0.29) is 18.1 Å². The van der Waals surface area contributed by atoms with Crippen LogP contribution in [-0.2, 0) is 10.0 Å². The van der Waals surface area contributed by atoms with Gasteiger partial charge in [0.1, 0.15) is 17.0 Å². The highest BCUT2D eigenvalue weighted by atomic mass is 35.5. The van der Waals surface area contributed by atoms with Crippen molar-refractivity contribution in [3.63, 3.8) is 0 Å². The van der Waals surface area contributed by atoms with Gasteiger partial charge in [-0.3, -0.25) is 0 Å². The first-order valence-electron chi connectivity index (χ1n) is 8.24. The number of hydrogen-bond donors (Lipinski definition) is 0. The van der Waals surface area contributed by atoms with Crippen LogP contribution in [0, 0.1) is 12.7 Å². The molecule has 0 atom stereocenters. The third-order valence-electron chi connectivity index (χ3n) is 4.46. The van der Waals surface area contributed by atoms with Crippen LogP contribution >= 0.6 is 11.6 Å². The zero-order valence-electron chi connectivity index (χ0n) is 14.4. The summed E-state index contributed by atoms with van der Waals surface area (Å²) in [7, 11) is -3.96. The van der Waals surface area contributed by atoms with Gasteiger partial charge in [-0.05, 0) is 19.1 Å². The smallest absolute Gasteiger partial charge is 0.254 e. The lowest BCUT2D eigenvalue weighted by atomic mass is 10.3. The molecule has 1 aliphatic heterocycles. The summed E-state index contributed by atoms with van der Waals surface area (Å²) in [6.07, 6.45) is 1.42. The molecule has 3 heterocycles. The molecule has 1 aliphatic rings. The van der Waals surface area contributed by atoms with Crippen molar-refractivity contribution in [2.45, 2.75) is 11.8 Å². The predicted octanol–water partition coefficient (Wildman–Crippen LogP) is 1.74. The maximum atomic E-state index is 14.2. The first-order chi connectivity index (χ1) is 12.9. The van der Waals surface area contributed by atoms with Crippen LogP contribution in [0.15, 0.2) is 35.5 Å². The zero-order valence-corrected chi connectivity index (χ0v) is 16.0. The second-order valence-corrected chi connectivity index (χ2v) is 8.48. The van der Waals surface area contributed by atoms with Crippen molar-refractivity contribution in [2.24, 2.45) is 0 Å². The largest absolute Gasteiger partial charge is 0.354 e. The van der Waals surface area contributed by atoms with Crippen LogP contribution in [0.2, 0.25) is 5.02 Å². The maximum absolute atomic E-state index is 14.2. The van der Waals surface area contributed by atoms with E-state index in [1.54, 1.807) is 4.52 Å². The Balaban J connectivity index is 1.58. The van der Waals surface area contributed by atoms with Gasteiger partial charge in [-0.2, -0.15) is 18.9 Å². The molecule has 27 heavy (non-hydrogen) atoms. The van der Waals surface area contributed by atoms with Crippen molar-refractivity contribution in [2.75, 3.05) is 31.1 Å². The SMILES string of the molecule is Cc1cc(N2CCN(S(=O)(=O)c3cccc(Cl)c3F)CC2)n2ncnc2n1. The molecule has 142 valence electrons. The molecule has 1 fully saturated rings. The van der Waals surface area contributed by atoms with E-state index in [1.165, 1.54) is 28.8 Å². The van der Waals surface area contributed by atoms with Crippen molar-refractivity contribution in [3.05, 3.63) is 47.1 Å². The highest BCUT2D eigenvalue weighted by Crippen LogP contribution is 2.26. The molecular formula is C16H16ClFN6O2S. The molecule has 2 aromatic heterocycles. The fourth-order valence-electron chi connectivity index (χ4n) is 3.12. The normalized spacial score (nSPS) is 16.2. The van der Waals surface area contributed by atoms with E-state index in [1.807, 2.05) is 17.9 Å². The van der Waals surface area contributed by atoms with Crippen LogP contribution in [-0.4, -0.2) is 58.5 Å². The Kier molecular flexibility index (Phi) is 4.49. The van der Waals surface area contributed by atoms with Gasteiger partial charge in [0.15, 0.2) is 5.82 Å². The monoisotopic (exact) mass is 410 g/mol. The first-order valence-corrected chi connectivity index (χ1v) is 10.1. The number of hydrogen-bond acceptors (Lipinski definition) is 6. The summed E-state index contributed by atoms with van der Waals surface area (Å²) in [6, 6.07) is 5.86. The lowest BCUT2D eigenvalue weighted by Gasteiger charge is -2.35. The summed E-state index contributed by atoms with van der Waals surface area (Å²) in [6.45, 7) is 3.15. The molecule has 0 amide bonds. The lowest BCUT2D eigenvalue weighted by molar-refractivity contribution is 0.380. The molecule has 0 radical (unpaired) electrons. The Morgan fingerprint density at radius 1 is 1.19 bits per heavy atom. The number of nitrogens with zero attached hydrogens (tertiary/aromatic N) is 6. The van der Waals surface area contributed by atoms with Crippen LogP contribution in [0.25, 0.3) is 5.78 Å². The topological polar surface area (TPSA) is 83.7 Å². The van der Waals surface area contributed by atoms with E-state index in [0.717, 1.165) is 11.5 Å². The molecule has 4 rings (SSSR count). The standard InChI is InChI=1S/C16H16ClFN6O2S/c1-11-9-14(24-16(21-11)19-10-20-24)22-5-7-23(8-6-22)27(25,26)13-4-2-3-12(17)15(13)18/h2-4,9-10H,5-8H2,1H3. The van der Waals surface area contributed by atoms with E-state index in [4.69, 9.17) is 11.6 Å². The summed E-state index contributed by atoms with van der Waals surface area (Å²) in [5, 5.41) is 3.96. The Bertz CT molecular complexity index is 1110. The van der Waals surface area contributed by atoms with E-state index < -0.39 is 20.7 Å². The average molecular weight is 411 g/mol. The average Bonchev–Trinajstić information content (AvgIpc) is 3.11. The Morgan fingerprint density at radius 2 is 1.93 bits per heavy atom. The highest BCUT2D eigenvalue weighted by molar-refractivity contribution is 7.89. The minimum Gasteiger partial charge on any atom is -0.354 e. The number of aryl methyl sites for hydroxylation is 1. The predicted molar refractivity (Wildman–Crippen MR) is 97.9 cm³/mol. The molecule has 1 aromatic carbocycles. The second kappa shape index (κ2) is 6.70. The first kappa shape index (κ1) is 18.1.